The lowest BCUT2D eigenvalue weighted by Gasteiger charge is -2.13. The van der Waals surface area contributed by atoms with Crippen molar-refractivity contribution >= 4 is 0 Å². The van der Waals surface area contributed by atoms with Crippen molar-refractivity contribution in [1.82, 2.24) is 9.88 Å². The van der Waals surface area contributed by atoms with Gasteiger partial charge in [-0.05, 0) is 36.8 Å². The molecular formula is C12H20N2. The Morgan fingerprint density at radius 2 is 2.29 bits per heavy atom. The van der Waals surface area contributed by atoms with Crippen molar-refractivity contribution in [3.63, 3.8) is 0 Å². The molecule has 0 atom stereocenters. The summed E-state index contributed by atoms with van der Waals surface area (Å²) in [4.78, 5) is 0. The van der Waals surface area contributed by atoms with E-state index in [4.69, 9.17) is 0 Å². The SMILES string of the molecule is CCC1(CNCc2cccn2C)CC1. The summed E-state index contributed by atoms with van der Waals surface area (Å²) in [6.45, 7) is 4.50. The minimum Gasteiger partial charge on any atom is -0.353 e. The zero-order valence-corrected chi connectivity index (χ0v) is 9.21. The molecule has 14 heavy (non-hydrogen) atoms. The molecule has 0 saturated heterocycles. The lowest BCUT2D eigenvalue weighted by Crippen LogP contribution is -2.23. The summed E-state index contributed by atoms with van der Waals surface area (Å²) in [5, 5.41) is 3.56. The maximum absolute atomic E-state index is 3.56. The molecule has 1 N–H and O–H groups in total. The lowest BCUT2D eigenvalue weighted by atomic mass is 10.0. The highest BCUT2D eigenvalue weighted by atomic mass is 15.0. The number of aromatic nitrogens is 1. The van der Waals surface area contributed by atoms with Gasteiger partial charge in [0.15, 0.2) is 0 Å². The second kappa shape index (κ2) is 3.77. The smallest absolute Gasteiger partial charge is 0.0359 e. The van der Waals surface area contributed by atoms with Crippen LogP contribution in [0, 0.1) is 5.41 Å². The summed E-state index contributed by atoms with van der Waals surface area (Å²) in [5.74, 6) is 0. The maximum Gasteiger partial charge on any atom is 0.0359 e. The zero-order chi connectivity index (χ0) is 10.0. The normalized spacial score (nSPS) is 18.4. The number of nitrogens with zero attached hydrogens (tertiary/aromatic N) is 1. The first-order chi connectivity index (χ1) is 6.76. The lowest BCUT2D eigenvalue weighted by molar-refractivity contribution is 0.440. The van der Waals surface area contributed by atoms with Crippen LogP contribution in [0.25, 0.3) is 0 Å². The summed E-state index contributed by atoms with van der Waals surface area (Å²) in [6, 6.07) is 4.28. The number of aryl methyl sites for hydroxylation is 1. The highest BCUT2D eigenvalue weighted by molar-refractivity contribution is 5.06. The predicted octanol–water partition coefficient (Wildman–Crippen LogP) is 2.30. The van der Waals surface area contributed by atoms with E-state index in [9.17, 15) is 0 Å². The van der Waals surface area contributed by atoms with E-state index in [1.165, 1.54) is 31.5 Å². The first kappa shape index (κ1) is 9.78. The average Bonchev–Trinajstić information content (AvgIpc) is 2.86. The summed E-state index contributed by atoms with van der Waals surface area (Å²) in [6.07, 6.45) is 6.27. The first-order valence-corrected chi connectivity index (χ1v) is 5.57. The Morgan fingerprint density at radius 1 is 1.50 bits per heavy atom. The van der Waals surface area contributed by atoms with Crippen LogP contribution in [0.4, 0.5) is 0 Å². The molecule has 1 aromatic heterocycles. The van der Waals surface area contributed by atoms with E-state index >= 15 is 0 Å². The fourth-order valence-electron chi connectivity index (χ4n) is 1.97. The number of nitrogens with one attached hydrogen (secondary N) is 1. The highest BCUT2D eigenvalue weighted by Crippen LogP contribution is 2.47. The quantitative estimate of drug-likeness (QED) is 0.757. The Hall–Kier alpha value is -0.760. The van der Waals surface area contributed by atoms with Crippen LogP contribution in [0.15, 0.2) is 18.3 Å². The fourth-order valence-corrected chi connectivity index (χ4v) is 1.97. The minimum atomic E-state index is 0.658. The van der Waals surface area contributed by atoms with Crippen LogP contribution in [-0.2, 0) is 13.6 Å². The molecule has 78 valence electrons. The Balaban J connectivity index is 1.76. The van der Waals surface area contributed by atoms with Crippen molar-refractivity contribution in [2.45, 2.75) is 32.7 Å². The molecule has 1 aliphatic carbocycles. The van der Waals surface area contributed by atoms with Crippen molar-refractivity contribution in [1.29, 1.82) is 0 Å². The van der Waals surface area contributed by atoms with Gasteiger partial charge >= 0.3 is 0 Å². The molecule has 0 unspecified atom stereocenters. The van der Waals surface area contributed by atoms with E-state index < -0.39 is 0 Å². The Bertz CT molecular complexity index is 297. The van der Waals surface area contributed by atoms with Gasteiger partial charge in [0.25, 0.3) is 0 Å². The van der Waals surface area contributed by atoms with E-state index in [1.807, 2.05) is 0 Å². The molecule has 0 amide bonds. The predicted molar refractivity (Wildman–Crippen MR) is 59.1 cm³/mol. The van der Waals surface area contributed by atoms with Crippen molar-refractivity contribution in [2.75, 3.05) is 6.54 Å². The summed E-state index contributed by atoms with van der Waals surface area (Å²) < 4.78 is 2.18. The molecule has 1 heterocycles. The Kier molecular flexibility index (Phi) is 2.64. The molecular weight excluding hydrogens is 172 g/mol. The third-order valence-electron chi connectivity index (χ3n) is 3.56. The van der Waals surface area contributed by atoms with E-state index in [1.54, 1.807) is 0 Å². The second-order valence-electron chi connectivity index (χ2n) is 4.57. The fraction of sp³-hybridized carbons (Fsp3) is 0.667. The molecule has 0 aromatic carbocycles. The van der Waals surface area contributed by atoms with Crippen molar-refractivity contribution in [3.8, 4) is 0 Å². The summed E-state index contributed by atoms with van der Waals surface area (Å²) in [5.41, 5.74) is 2.03. The molecule has 0 radical (unpaired) electrons. The first-order valence-electron chi connectivity index (χ1n) is 5.57. The van der Waals surface area contributed by atoms with Gasteiger partial charge in [-0.1, -0.05) is 6.92 Å². The standard InChI is InChI=1S/C12H20N2/c1-3-12(6-7-12)10-13-9-11-5-4-8-14(11)2/h4-5,8,13H,3,6-7,9-10H2,1-2H3. The highest BCUT2D eigenvalue weighted by Gasteiger charge is 2.39. The van der Waals surface area contributed by atoms with Gasteiger partial charge in [0.2, 0.25) is 0 Å². The summed E-state index contributed by atoms with van der Waals surface area (Å²) in [7, 11) is 2.10. The van der Waals surface area contributed by atoms with E-state index in [0.717, 1.165) is 6.54 Å². The monoisotopic (exact) mass is 192 g/mol. The molecule has 0 aliphatic heterocycles. The molecule has 1 saturated carbocycles. The van der Waals surface area contributed by atoms with Crippen molar-refractivity contribution in [3.05, 3.63) is 24.0 Å². The van der Waals surface area contributed by atoms with E-state index in [-0.39, 0.29) is 0 Å². The van der Waals surface area contributed by atoms with Crippen LogP contribution in [0.3, 0.4) is 0 Å². The number of rotatable bonds is 5. The van der Waals surface area contributed by atoms with E-state index in [2.05, 4.69) is 42.2 Å². The average molecular weight is 192 g/mol. The molecule has 0 bridgehead atoms. The van der Waals surface area contributed by atoms with Gasteiger partial charge in [-0.3, -0.25) is 0 Å². The molecule has 2 heteroatoms. The Morgan fingerprint density at radius 3 is 2.79 bits per heavy atom. The molecule has 1 fully saturated rings. The van der Waals surface area contributed by atoms with Crippen LogP contribution in [-0.4, -0.2) is 11.1 Å². The third-order valence-corrected chi connectivity index (χ3v) is 3.56. The van der Waals surface area contributed by atoms with Gasteiger partial charge in [-0.25, -0.2) is 0 Å². The van der Waals surface area contributed by atoms with Crippen molar-refractivity contribution < 1.29 is 0 Å². The minimum absolute atomic E-state index is 0.658. The Labute approximate surface area is 86.3 Å². The molecule has 1 aliphatic rings. The van der Waals surface area contributed by atoms with Crippen LogP contribution in [0.1, 0.15) is 31.9 Å². The van der Waals surface area contributed by atoms with Crippen LogP contribution in [0.5, 0.6) is 0 Å². The van der Waals surface area contributed by atoms with Crippen molar-refractivity contribution in [2.24, 2.45) is 12.5 Å². The summed E-state index contributed by atoms with van der Waals surface area (Å²) >= 11 is 0. The molecule has 1 aromatic rings. The van der Waals surface area contributed by atoms with Crippen LogP contribution in [0.2, 0.25) is 0 Å². The number of hydrogen-bond donors (Lipinski definition) is 1. The van der Waals surface area contributed by atoms with Crippen LogP contribution < -0.4 is 5.32 Å². The molecule has 2 nitrogen and oxygen atoms in total. The van der Waals surface area contributed by atoms with Crippen LogP contribution >= 0.6 is 0 Å². The number of hydrogen-bond acceptors (Lipinski definition) is 1. The van der Waals surface area contributed by atoms with Gasteiger partial charge in [-0.15, -0.1) is 0 Å². The van der Waals surface area contributed by atoms with Gasteiger partial charge in [-0.2, -0.15) is 0 Å². The van der Waals surface area contributed by atoms with Gasteiger partial charge in [0.05, 0.1) is 0 Å². The third kappa shape index (κ3) is 2.01. The second-order valence-corrected chi connectivity index (χ2v) is 4.57. The largest absolute Gasteiger partial charge is 0.353 e. The molecule has 0 spiro atoms. The zero-order valence-electron chi connectivity index (χ0n) is 9.21. The molecule has 2 rings (SSSR count). The van der Waals surface area contributed by atoms with Gasteiger partial charge < -0.3 is 9.88 Å². The van der Waals surface area contributed by atoms with E-state index in [0.29, 0.717) is 5.41 Å². The topological polar surface area (TPSA) is 17.0 Å². The van der Waals surface area contributed by atoms with Gasteiger partial charge in [0, 0.05) is 32.0 Å². The maximum atomic E-state index is 3.56. The van der Waals surface area contributed by atoms with Gasteiger partial charge in [0.1, 0.15) is 0 Å².